The third-order valence-corrected chi connectivity index (χ3v) is 6.03. The lowest BCUT2D eigenvalue weighted by Crippen LogP contribution is -2.39. The lowest BCUT2D eigenvalue weighted by molar-refractivity contribution is 0.0264. The third-order valence-electron chi connectivity index (χ3n) is 3.63. The molecule has 1 aromatic rings. The predicted octanol–water partition coefficient (Wildman–Crippen LogP) is 2.13. The SMILES string of the molecule is CC1(CNS(=O)(=O)c2cc(N)ccc2Br)CCOCC1. The quantitative estimate of drug-likeness (QED) is 0.803. The topological polar surface area (TPSA) is 81.4 Å². The van der Waals surface area contributed by atoms with E-state index in [2.05, 4.69) is 27.6 Å². The van der Waals surface area contributed by atoms with Gasteiger partial charge in [0.1, 0.15) is 0 Å². The molecule has 0 aliphatic carbocycles. The molecule has 0 radical (unpaired) electrons. The maximum Gasteiger partial charge on any atom is 0.241 e. The Bertz CT molecular complexity index is 583. The van der Waals surface area contributed by atoms with Gasteiger partial charge in [-0.05, 0) is 52.4 Å². The van der Waals surface area contributed by atoms with Crippen LogP contribution >= 0.6 is 15.9 Å². The van der Waals surface area contributed by atoms with Gasteiger partial charge in [0, 0.05) is 29.9 Å². The van der Waals surface area contributed by atoms with Gasteiger partial charge in [0.25, 0.3) is 0 Å². The maximum absolute atomic E-state index is 12.4. The first kappa shape index (κ1) is 15.8. The fourth-order valence-electron chi connectivity index (χ4n) is 2.11. The smallest absolute Gasteiger partial charge is 0.241 e. The van der Waals surface area contributed by atoms with Gasteiger partial charge in [0.2, 0.25) is 10.0 Å². The molecule has 0 unspecified atom stereocenters. The van der Waals surface area contributed by atoms with E-state index >= 15 is 0 Å². The molecule has 1 aromatic carbocycles. The van der Waals surface area contributed by atoms with Crippen molar-refractivity contribution in [1.29, 1.82) is 0 Å². The van der Waals surface area contributed by atoms with Gasteiger partial charge in [-0.15, -0.1) is 0 Å². The summed E-state index contributed by atoms with van der Waals surface area (Å²) in [4.78, 5) is 0.174. The van der Waals surface area contributed by atoms with Crippen LogP contribution in [0.25, 0.3) is 0 Å². The normalized spacial score (nSPS) is 18.9. The molecule has 1 aliphatic rings. The van der Waals surface area contributed by atoms with Crippen molar-refractivity contribution in [2.24, 2.45) is 5.41 Å². The van der Waals surface area contributed by atoms with Crippen molar-refractivity contribution in [1.82, 2.24) is 4.72 Å². The number of halogens is 1. The first-order valence-corrected chi connectivity index (χ1v) is 8.72. The number of benzene rings is 1. The Morgan fingerprint density at radius 1 is 1.40 bits per heavy atom. The zero-order valence-electron chi connectivity index (χ0n) is 11.4. The second-order valence-corrected chi connectivity index (χ2v) is 8.03. The molecule has 0 spiro atoms. The average molecular weight is 363 g/mol. The van der Waals surface area contributed by atoms with Gasteiger partial charge >= 0.3 is 0 Å². The summed E-state index contributed by atoms with van der Waals surface area (Å²) in [6, 6.07) is 4.75. The number of nitrogen functional groups attached to an aromatic ring is 1. The summed E-state index contributed by atoms with van der Waals surface area (Å²) in [6.07, 6.45) is 1.71. The standard InChI is InChI=1S/C13H19BrN2O3S/c1-13(4-6-19-7-5-13)9-16-20(17,18)12-8-10(15)2-3-11(12)14/h2-3,8,16H,4-7,9,15H2,1H3. The van der Waals surface area contributed by atoms with E-state index in [9.17, 15) is 8.42 Å². The highest BCUT2D eigenvalue weighted by Gasteiger charge is 2.29. The predicted molar refractivity (Wildman–Crippen MR) is 81.9 cm³/mol. The van der Waals surface area contributed by atoms with E-state index in [0.29, 0.717) is 29.9 Å². The molecule has 5 nitrogen and oxygen atoms in total. The molecule has 0 amide bonds. The van der Waals surface area contributed by atoms with Crippen molar-refractivity contribution in [2.45, 2.75) is 24.7 Å². The van der Waals surface area contributed by atoms with Gasteiger partial charge in [-0.2, -0.15) is 0 Å². The van der Waals surface area contributed by atoms with E-state index < -0.39 is 10.0 Å². The first-order chi connectivity index (χ1) is 9.32. The average Bonchev–Trinajstić information content (AvgIpc) is 2.40. The van der Waals surface area contributed by atoms with E-state index in [1.165, 1.54) is 6.07 Å². The van der Waals surface area contributed by atoms with Crippen molar-refractivity contribution in [3.63, 3.8) is 0 Å². The zero-order chi connectivity index (χ0) is 14.8. The Morgan fingerprint density at radius 3 is 2.70 bits per heavy atom. The maximum atomic E-state index is 12.4. The Balaban J connectivity index is 2.13. The van der Waals surface area contributed by atoms with Crippen molar-refractivity contribution in [3.05, 3.63) is 22.7 Å². The molecule has 1 fully saturated rings. The van der Waals surface area contributed by atoms with E-state index in [1.807, 2.05) is 0 Å². The van der Waals surface area contributed by atoms with Crippen LogP contribution in [0.4, 0.5) is 5.69 Å². The third kappa shape index (κ3) is 3.72. The number of hydrogen-bond acceptors (Lipinski definition) is 4. The van der Waals surface area contributed by atoms with Crippen LogP contribution in [-0.2, 0) is 14.8 Å². The molecule has 1 saturated heterocycles. The molecule has 0 aromatic heterocycles. The molecular formula is C13H19BrN2O3S. The number of anilines is 1. The molecule has 0 saturated carbocycles. The van der Waals surface area contributed by atoms with Gasteiger partial charge < -0.3 is 10.5 Å². The van der Waals surface area contributed by atoms with Crippen LogP contribution in [-0.4, -0.2) is 28.2 Å². The van der Waals surface area contributed by atoms with Gasteiger partial charge in [0.05, 0.1) is 4.90 Å². The lowest BCUT2D eigenvalue weighted by Gasteiger charge is -2.33. The highest BCUT2D eigenvalue weighted by Crippen LogP contribution is 2.30. The lowest BCUT2D eigenvalue weighted by atomic mass is 9.83. The van der Waals surface area contributed by atoms with Crippen LogP contribution in [0.15, 0.2) is 27.6 Å². The number of sulfonamides is 1. The van der Waals surface area contributed by atoms with E-state index in [4.69, 9.17) is 10.5 Å². The Kier molecular flexibility index (Phi) is 4.73. The first-order valence-electron chi connectivity index (χ1n) is 6.45. The molecule has 7 heteroatoms. The summed E-state index contributed by atoms with van der Waals surface area (Å²) in [5.74, 6) is 0. The molecule has 20 heavy (non-hydrogen) atoms. The largest absolute Gasteiger partial charge is 0.399 e. The van der Waals surface area contributed by atoms with Crippen molar-refractivity contribution >= 4 is 31.6 Å². The molecule has 112 valence electrons. The molecular weight excluding hydrogens is 344 g/mol. The van der Waals surface area contributed by atoms with Gasteiger partial charge in [-0.25, -0.2) is 13.1 Å². The minimum absolute atomic E-state index is 0.0574. The zero-order valence-corrected chi connectivity index (χ0v) is 13.8. The summed E-state index contributed by atoms with van der Waals surface area (Å²) in [5.41, 5.74) is 6.02. The summed E-state index contributed by atoms with van der Waals surface area (Å²) >= 11 is 3.25. The van der Waals surface area contributed by atoms with Gasteiger partial charge in [-0.1, -0.05) is 6.92 Å². The summed E-state index contributed by atoms with van der Waals surface area (Å²) in [6.45, 7) is 3.84. The second-order valence-electron chi connectivity index (χ2n) is 5.44. The van der Waals surface area contributed by atoms with Crippen LogP contribution in [0.1, 0.15) is 19.8 Å². The number of nitrogens with one attached hydrogen (secondary N) is 1. The minimum atomic E-state index is -3.57. The van der Waals surface area contributed by atoms with Gasteiger partial charge in [0.15, 0.2) is 0 Å². The number of rotatable bonds is 4. The van der Waals surface area contributed by atoms with Gasteiger partial charge in [-0.3, -0.25) is 0 Å². The number of ether oxygens (including phenoxy) is 1. The van der Waals surface area contributed by atoms with Crippen LogP contribution in [0.3, 0.4) is 0 Å². The monoisotopic (exact) mass is 362 g/mol. The molecule has 1 aliphatic heterocycles. The fraction of sp³-hybridized carbons (Fsp3) is 0.538. The van der Waals surface area contributed by atoms with Crippen molar-refractivity contribution in [2.75, 3.05) is 25.5 Å². The molecule has 0 bridgehead atoms. The van der Waals surface area contributed by atoms with E-state index in [1.54, 1.807) is 12.1 Å². The highest BCUT2D eigenvalue weighted by atomic mass is 79.9. The van der Waals surface area contributed by atoms with Crippen LogP contribution in [0.5, 0.6) is 0 Å². The highest BCUT2D eigenvalue weighted by molar-refractivity contribution is 9.10. The Morgan fingerprint density at radius 2 is 2.05 bits per heavy atom. The van der Waals surface area contributed by atoms with Crippen LogP contribution in [0.2, 0.25) is 0 Å². The summed E-state index contributed by atoms with van der Waals surface area (Å²) in [7, 11) is -3.57. The molecule has 0 atom stereocenters. The minimum Gasteiger partial charge on any atom is -0.399 e. The van der Waals surface area contributed by atoms with Crippen molar-refractivity contribution < 1.29 is 13.2 Å². The fourth-order valence-corrected chi connectivity index (χ4v) is 4.31. The van der Waals surface area contributed by atoms with E-state index in [-0.39, 0.29) is 10.3 Å². The van der Waals surface area contributed by atoms with E-state index in [0.717, 1.165) is 12.8 Å². The van der Waals surface area contributed by atoms with Crippen LogP contribution in [0, 0.1) is 5.41 Å². The Hall–Kier alpha value is -0.630. The molecule has 3 N–H and O–H groups in total. The number of nitrogens with two attached hydrogens (primary N) is 1. The molecule has 1 heterocycles. The number of hydrogen-bond donors (Lipinski definition) is 2. The molecule has 2 rings (SSSR count). The van der Waals surface area contributed by atoms with Crippen molar-refractivity contribution in [3.8, 4) is 0 Å². The summed E-state index contributed by atoms with van der Waals surface area (Å²) < 4.78 is 33.2. The second kappa shape index (κ2) is 6.01. The summed E-state index contributed by atoms with van der Waals surface area (Å²) in [5, 5.41) is 0. The van der Waals surface area contributed by atoms with Crippen LogP contribution < -0.4 is 10.5 Å². The Labute approximate surface area is 128 Å².